The SMILES string of the molecule is Cc1cc(N2CCN(C(=O)CN=C3CCC/C3=C(/N)C(=O)N3C[C@@H](C)O[C@@H](C)C3)CC2)ccc1F. The first-order valence-corrected chi connectivity index (χ1v) is 12.5. The molecule has 2 heterocycles. The van der Waals surface area contributed by atoms with Crippen LogP contribution in [0.25, 0.3) is 0 Å². The van der Waals surface area contributed by atoms with Crippen molar-refractivity contribution in [3.05, 3.63) is 40.8 Å². The molecule has 4 rings (SSSR count). The fourth-order valence-electron chi connectivity index (χ4n) is 5.14. The third kappa shape index (κ3) is 5.83. The number of rotatable bonds is 4. The van der Waals surface area contributed by atoms with Crippen LogP contribution in [0.3, 0.4) is 0 Å². The number of ether oxygens (including phenoxy) is 1. The van der Waals surface area contributed by atoms with Crippen molar-refractivity contribution in [1.29, 1.82) is 0 Å². The summed E-state index contributed by atoms with van der Waals surface area (Å²) in [6.45, 7) is 9.33. The molecular formula is C26H36FN5O3. The summed E-state index contributed by atoms with van der Waals surface area (Å²) in [5, 5.41) is 0. The quantitative estimate of drug-likeness (QED) is 0.661. The van der Waals surface area contributed by atoms with Crippen LogP contribution in [-0.2, 0) is 14.3 Å². The number of amides is 2. The van der Waals surface area contributed by atoms with E-state index in [1.807, 2.05) is 24.8 Å². The molecule has 2 N–H and O–H groups in total. The maximum atomic E-state index is 13.6. The molecule has 2 aliphatic heterocycles. The zero-order chi connectivity index (χ0) is 25.1. The Balaban J connectivity index is 1.35. The highest BCUT2D eigenvalue weighted by Crippen LogP contribution is 2.25. The van der Waals surface area contributed by atoms with Crippen molar-refractivity contribution in [2.24, 2.45) is 10.7 Å². The van der Waals surface area contributed by atoms with Gasteiger partial charge in [0.05, 0.1) is 12.2 Å². The lowest BCUT2D eigenvalue weighted by molar-refractivity contribution is -0.139. The standard InChI is InChI=1S/C26H36FN5O3/c1-17-13-20(7-8-22(17)27)30-9-11-31(12-10-30)24(33)14-29-23-6-4-5-21(23)25(28)26(34)32-15-18(2)35-19(3)16-32/h7-8,13,18-19H,4-6,9-12,14-16,28H2,1-3H3/b25-21-,29-23?/t18-,19+. The van der Waals surface area contributed by atoms with Gasteiger partial charge in [0.2, 0.25) is 5.91 Å². The molecule has 1 aromatic carbocycles. The van der Waals surface area contributed by atoms with Crippen molar-refractivity contribution in [3.63, 3.8) is 0 Å². The topological polar surface area (TPSA) is 91.5 Å². The van der Waals surface area contributed by atoms with E-state index in [0.29, 0.717) is 51.3 Å². The van der Waals surface area contributed by atoms with Crippen molar-refractivity contribution in [2.75, 3.05) is 50.7 Å². The van der Waals surface area contributed by atoms with Gasteiger partial charge in [-0.2, -0.15) is 0 Å². The summed E-state index contributed by atoms with van der Waals surface area (Å²) >= 11 is 0. The molecule has 3 fully saturated rings. The van der Waals surface area contributed by atoms with Crippen molar-refractivity contribution in [3.8, 4) is 0 Å². The monoisotopic (exact) mass is 485 g/mol. The Labute approximate surface area is 206 Å². The largest absolute Gasteiger partial charge is 0.394 e. The van der Waals surface area contributed by atoms with Gasteiger partial charge in [0, 0.05) is 56.2 Å². The van der Waals surface area contributed by atoms with E-state index in [4.69, 9.17) is 10.5 Å². The highest BCUT2D eigenvalue weighted by Gasteiger charge is 2.30. The van der Waals surface area contributed by atoms with Gasteiger partial charge >= 0.3 is 0 Å². The van der Waals surface area contributed by atoms with Crippen molar-refractivity contribution in [1.82, 2.24) is 9.80 Å². The molecule has 2 atom stereocenters. The number of hydrogen-bond acceptors (Lipinski definition) is 6. The second-order valence-corrected chi connectivity index (χ2v) is 9.78. The smallest absolute Gasteiger partial charge is 0.270 e. The van der Waals surface area contributed by atoms with Crippen LogP contribution in [0.15, 0.2) is 34.5 Å². The minimum atomic E-state index is -0.210. The number of aliphatic imine (C=N–C) groups is 1. The lowest BCUT2D eigenvalue weighted by Gasteiger charge is -2.36. The summed E-state index contributed by atoms with van der Waals surface area (Å²) in [6, 6.07) is 5.11. The molecule has 0 aromatic heterocycles. The van der Waals surface area contributed by atoms with E-state index in [1.165, 1.54) is 6.07 Å². The number of hydrogen-bond donors (Lipinski definition) is 1. The van der Waals surface area contributed by atoms with Crippen molar-refractivity contribution in [2.45, 2.75) is 52.2 Å². The molecule has 1 aromatic rings. The Kier molecular flexibility index (Phi) is 7.74. The first-order chi connectivity index (χ1) is 16.7. The zero-order valence-electron chi connectivity index (χ0n) is 20.9. The molecule has 0 radical (unpaired) electrons. The maximum absolute atomic E-state index is 13.6. The van der Waals surface area contributed by atoms with Gasteiger partial charge < -0.3 is 25.2 Å². The van der Waals surface area contributed by atoms with Crippen molar-refractivity contribution < 1.29 is 18.7 Å². The predicted octanol–water partition coefficient (Wildman–Crippen LogP) is 2.26. The Morgan fingerprint density at radius 1 is 1.09 bits per heavy atom. The van der Waals surface area contributed by atoms with Gasteiger partial charge in [0.1, 0.15) is 18.1 Å². The van der Waals surface area contributed by atoms with E-state index in [1.54, 1.807) is 17.9 Å². The molecule has 9 heteroatoms. The molecule has 35 heavy (non-hydrogen) atoms. The van der Waals surface area contributed by atoms with Gasteiger partial charge in [-0.3, -0.25) is 14.6 Å². The van der Waals surface area contributed by atoms with E-state index in [0.717, 1.165) is 29.8 Å². The lowest BCUT2D eigenvalue weighted by Crippen LogP contribution is -2.49. The molecule has 1 aliphatic carbocycles. The van der Waals surface area contributed by atoms with Gasteiger partial charge in [0.15, 0.2) is 0 Å². The molecule has 1 saturated carbocycles. The maximum Gasteiger partial charge on any atom is 0.270 e. The number of anilines is 1. The Bertz CT molecular complexity index is 1020. The van der Waals surface area contributed by atoms with Crippen LogP contribution in [0.4, 0.5) is 10.1 Å². The van der Waals surface area contributed by atoms with E-state index >= 15 is 0 Å². The van der Waals surface area contributed by atoms with Gasteiger partial charge in [-0.25, -0.2) is 4.39 Å². The van der Waals surface area contributed by atoms with Gasteiger partial charge in [-0.05, 0) is 63.8 Å². The van der Waals surface area contributed by atoms with Crippen LogP contribution >= 0.6 is 0 Å². The van der Waals surface area contributed by atoms with Crippen LogP contribution in [-0.4, -0.2) is 85.3 Å². The fraction of sp³-hybridized carbons (Fsp3) is 0.577. The molecule has 0 bridgehead atoms. The third-order valence-corrected chi connectivity index (χ3v) is 7.00. The number of carbonyl (C=O) groups is 2. The first kappa shape index (κ1) is 25.2. The molecule has 3 aliphatic rings. The van der Waals surface area contributed by atoms with E-state index in [-0.39, 0.29) is 42.1 Å². The summed E-state index contributed by atoms with van der Waals surface area (Å²) in [5.74, 6) is -0.409. The molecular weight excluding hydrogens is 449 g/mol. The highest BCUT2D eigenvalue weighted by atomic mass is 19.1. The average Bonchev–Trinajstić information content (AvgIpc) is 3.31. The van der Waals surface area contributed by atoms with Crippen LogP contribution in [0.1, 0.15) is 38.7 Å². The predicted molar refractivity (Wildman–Crippen MR) is 134 cm³/mol. The minimum Gasteiger partial charge on any atom is -0.394 e. The number of morpholine rings is 1. The van der Waals surface area contributed by atoms with Gasteiger partial charge in [-0.15, -0.1) is 0 Å². The summed E-state index contributed by atoms with van der Waals surface area (Å²) in [7, 11) is 0. The van der Waals surface area contributed by atoms with E-state index < -0.39 is 0 Å². The third-order valence-electron chi connectivity index (χ3n) is 7.00. The number of benzene rings is 1. The second kappa shape index (κ2) is 10.8. The number of halogens is 1. The number of aryl methyl sites for hydroxylation is 1. The summed E-state index contributed by atoms with van der Waals surface area (Å²) in [5.41, 5.74) is 9.72. The van der Waals surface area contributed by atoms with E-state index in [9.17, 15) is 14.0 Å². The molecule has 190 valence electrons. The summed E-state index contributed by atoms with van der Waals surface area (Å²) in [6.07, 6.45) is 2.26. The fourth-order valence-corrected chi connectivity index (χ4v) is 5.14. The molecule has 0 unspecified atom stereocenters. The van der Waals surface area contributed by atoms with Gasteiger partial charge in [-0.1, -0.05) is 0 Å². The number of piperazine rings is 1. The molecule has 2 amide bonds. The van der Waals surface area contributed by atoms with Gasteiger partial charge in [0.25, 0.3) is 5.91 Å². The Morgan fingerprint density at radius 2 is 1.77 bits per heavy atom. The second-order valence-electron chi connectivity index (χ2n) is 9.78. The summed E-state index contributed by atoms with van der Waals surface area (Å²) in [4.78, 5) is 36.2. The van der Waals surface area contributed by atoms with Crippen LogP contribution in [0, 0.1) is 12.7 Å². The molecule has 8 nitrogen and oxygen atoms in total. The Morgan fingerprint density at radius 3 is 2.43 bits per heavy atom. The number of nitrogens with zero attached hydrogens (tertiary/aromatic N) is 4. The number of carbonyl (C=O) groups excluding carboxylic acids is 2. The Hall–Kier alpha value is -2.94. The van der Waals surface area contributed by atoms with E-state index in [2.05, 4.69) is 9.89 Å². The summed E-state index contributed by atoms with van der Waals surface area (Å²) < 4.78 is 19.3. The highest BCUT2D eigenvalue weighted by molar-refractivity contribution is 6.09. The number of nitrogens with two attached hydrogens (primary N) is 1. The minimum absolute atomic E-state index is 0.0256. The van der Waals surface area contributed by atoms with Crippen LogP contribution in [0.2, 0.25) is 0 Å². The number of allylic oxidation sites excluding steroid dienone is 1. The van der Waals surface area contributed by atoms with Crippen LogP contribution < -0.4 is 10.6 Å². The molecule has 2 saturated heterocycles. The normalized spacial score (nSPS) is 25.8. The zero-order valence-corrected chi connectivity index (χ0v) is 20.9. The first-order valence-electron chi connectivity index (χ1n) is 12.5. The lowest BCUT2D eigenvalue weighted by atomic mass is 10.1. The van der Waals surface area contributed by atoms with Crippen LogP contribution in [0.5, 0.6) is 0 Å². The molecule has 0 spiro atoms. The average molecular weight is 486 g/mol. The van der Waals surface area contributed by atoms with Crippen molar-refractivity contribution >= 4 is 23.2 Å².